The highest BCUT2D eigenvalue weighted by molar-refractivity contribution is 6.30. The van der Waals surface area contributed by atoms with Gasteiger partial charge in [-0.15, -0.1) is 0 Å². The van der Waals surface area contributed by atoms with Crippen molar-refractivity contribution in [2.45, 2.75) is 20.3 Å². The maximum atomic E-state index is 11.8. The highest BCUT2D eigenvalue weighted by Crippen LogP contribution is 2.22. The number of benzene rings is 2. The van der Waals surface area contributed by atoms with Crippen LogP contribution in [0.3, 0.4) is 0 Å². The molecule has 0 aliphatic rings. The molecule has 0 saturated carbocycles. The summed E-state index contributed by atoms with van der Waals surface area (Å²) in [5.74, 6) is 0.0244. The molecule has 0 radical (unpaired) electrons. The number of halogens is 1. The summed E-state index contributed by atoms with van der Waals surface area (Å²) in [6, 6.07) is 15.3. The molecule has 23 heavy (non-hydrogen) atoms. The fraction of sp³-hybridized carbons (Fsp3) is 0.263. The van der Waals surface area contributed by atoms with Crippen LogP contribution in [0.25, 0.3) is 0 Å². The van der Waals surface area contributed by atoms with Gasteiger partial charge in [-0.2, -0.15) is 0 Å². The van der Waals surface area contributed by atoms with Crippen molar-refractivity contribution in [2.75, 3.05) is 6.54 Å². The number of nitrogens with zero attached hydrogens (tertiary/aromatic N) is 1. The van der Waals surface area contributed by atoms with Crippen molar-refractivity contribution in [2.24, 2.45) is 10.9 Å². The van der Waals surface area contributed by atoms with E-state index in [0.717, 1.165) is 6.42 Å². The average Bonchev–Trinajstić information content (AvgIpc) is 2.54. The number of hydrogen-bond donors (Lipinski definition) is 0. The lowest BCUT2D eigenvalue weighted by Gasteiger charge is -2.09. The Morgan fingerprint density at radius 2 is 1.96 bits per heavy atom. The van der Waals surface area contributed by atoms with Gasteiger partial charge in [0.2, 0.25) is 0 Å². The zero-order chi connectivity index (χ0) is 16.7. The molecule has 0 atom stereocenters. The molecule has 2 aromatic rings. The van der Waals surface area contributed by atoms with Gasteiger partial charge in [0.25, 0.3) is 0 Å². The van der Waals surface area contributed by atoms with Gasteiger partial charge in [-0.05, 0) is 30.2 Å². The minimum absolute atomic E-state index is 0.187. The van der Waals surface area contributed by atoms with E-state index in [4.69, 9.17) is 16.3 Å². The van der Waals surface area contributed by atoms with Crippen molar-refractivity contribution in [1.82, 2.24) is 0 Å². The summed E-state index contributed by atoms with van der Waals surface area (Å²) in [4.78, 5) is 16.2. The summed E-state index contributed by atoms with van der Waals surface area (Å²) in [5, 5.41) is 0.582. The molecule has 0 heterocycles. The predicted molar refractivity (Wildman–Crippen MR) is 94.5 cm³/mol. The summed E-state index contributed by atoms with van der Waals surface area (Å²) < 4.78 is 5.39. The van der Waals surface area contributed by atoms with Crippen molar-refractivity contribution in [3.05, 3.63) is 64.7 Å². The van der Waals surface area contributed by atoms with Gasteiger partial charge in [-0.25, -0.2) is 0 Å². The van der Waals surface area contributed by atoms with E-state index in [9.17, 15) is 4.79 Å². The maximum absolute atomic E-state index is 11.8. The Balaban J connectivity index is 2.04. The first-order chi connectivity index (χ1) is 11.1. The third-order valence-electron chi connectivity index (χ3n) is 3.26. The van der Waals surface area contributed by atoms with Crippen LogP contribution in [0.2, 0.25) is 5.02 Å². The van der Waals surface area contributed by atoms with Gasteiger partial charge in [0.15, 0.2) is 0 Å². The first kappa shape index (κ1) is 17.2. The average molecular weight is 330 g/mol. The van der Waals surface area contributed by atoms with E-state index in [2.05, 4.69) is 17.1 Å². The molecule has 3 nitrogen and oxygen atoms in total. The minimum Gasteiger partial charge on any atom is -0.426 e. The number of carbonyl (C=O) groups is 1. The van der Waals surface area contributed by atoms with Crippen LogP contribution in [0.5, 0.6) is 5.75 Å². The van der Waals surface area contributed by atoms with Gasteiger partial charge in [0, 0.05) is 23.3 Å². The number of aliphatic imine (C=N–C) groups is 1. The third kappa shape index (κ3) is 5.53. The summed E-state index contributed by atoms with van der Waals surface area (Å²) in [6.07, 6.45) is 2.57. The fourth-order valence-corrected chi connectivity index (χ4v) is 2.12. The van der Waals surface area contributed by atoms with Crippen LogP contribution in [0.1, 0.15) is 25.0 Å². The number of carbonyl (C=O) groups excluding carboxylic acids is 1. The zero-order valence-electron chi connectivity index (χ0n) is 13.3. The Hall–Kier alpha value is -2.13. The Kier molecular flexibility index (Phi) is 6.36. The minimum atomic E-state index is -0.272. The number of rotatable bonds is 6. The molecule has 4 heteroatoms. The lowest BCUT2D eigenvalue weighted by molar-refractivity contribution is -0.137. The Labute approximate surface area is 142 Å². The number of ether oxygens (including phenoxy) is 1. The van der Waals surface area contributed by atoms with Crippen LogP contribution in [-0.4, -0.2) is 18.7 Å². The first-order valence-electron chi connectivity index (χ1n) is 7.61. The predicted octanol–water partition coefficient (Wildman–Crippen LogP) is 4.56. The van der Waals surface area contributed by atoms with Gasteiger partial charge >= 0.3 is 5.97 Å². The van der Waals surface area contributed by atoms with Gasteiger partial charge in [-0.3, -0.25) is 9.79 Å². The standard InChI is InChI=1S/C19H20ClNO2/c1-14(2)19(22)23-18-9-8-17(20)12-16(18)13-21-11-10-15-6-4-3-5-7-15/h3-9,12-14H,10-11H2,1-2H3. The highest BCUT2D eigenvalue weighted by Gasteiger charge is 2.12. The summed E-state index contributed by atoms with van der Waals surface area (Å²) in [7, 11) is 0. The van der Waals surface area contributed by atoms with Crippen molar-refractivity contribution in [1.29, 1.82) is 0 Å². The Bertz CT molecular complexity index is 681. The molecule has 0 aromatic heterocycles. The van der Waals surface area contributed by atoms with Crippen LogP contribution in [0.4, 0.5) is 0 Å². The molecule has 120 valence electrons. The van der Waals surface area contributed by atoms with Crippen molar-refractivity contribution >= 4 is 23.8 Å². The number of esters is 1. The van der Waals surface area contributed by atoms with Crippen molar-refractivity contribution < 1.29 is 9.53 Å². The first-order valence-corrected chi connectivity index (χ1v) is 7.99. The molecular formula is C19H20ClNO2. The van der Waals surface area contributed by atoms with Crippen molar-refractivity contribution in [3.63, 3.8) is 0 Å². The van der Waals surface area contributed by atoms with E-state index in [-0.39, 0.29) is 11.9 Å². The molecular weight excluding hydrogens is 310 g/mol. The second-order valence-corrected chi connectivity index (χ2v) is 5.97. The molecule has 0 unspecified atom stereocenters. The van der Waals surface area contributed by atoms with Gasteiger partial charge in [-0.1, -0.05) is 55.8 Å². The smallest absolute Gasteiger partial charge is 0.313 e. The second kappa shape index (κ2) is 8.49. The normalized spacial score (nSPS) is 11.1. The molecule has 0 aliphatic carbocycles. The third-order valence-corrected chi connectivity index (χ3v) is 3.49. The number of hydrogen-bond acceptors (Lipinski definition) is 3. The maximum Gasteiger partial charge on any atom is 0.313 e. The van der Waals surface area contributed by atoms with E-state index in [1.807, 2.05) is 18.2 Å². The molecule has 0 bridgehead atoms. The largest absolute Gasteiger partial charge is 0.426 e. The molecule has 0 saturated heterocycles. The van der Waals surface area contributed by atoms with Crippen molar-refractivity contribution in [3.8, 4) is 5.75 Å². The lowest BCUT2D eigenvalue weighted by atomic mass is 10.1. The van der Waals surface area contributed by atoms with Crippen LogP contribution in [0.15, 0.2) is 53.5 Å². The quantitative estimate of drug-likeness (QED) is 0.442. The van der Waals surface area contributed by atoms with Crippen LogP contribution >= 0.6 is 11.6 Å². The zero-order valence-corrected chi connectivity index (χ0v) is 14.1. The molecule has 2 rings (SSSR count). The van der Waals surface area contributed by atoms with E-state index in [0.29, 0.717) is 22.9 Å². The van der Waals surface area contributed by atoms with Crippen LogP contribution in [-0.2, 0) is 11.2 Å². The Morgan fingerprint density at radius 1 is 1.22 bits per heavy atom. The molecule has 0 spiro atoms. The highest BCUT2D eigenvalue weighted by atomic mass is 35.5. The van der Waals surface area contributed by atoms with Gasteiger partial charge in [0.05, 0.1) is 5.92 Å². The topological polar surface area (TPSA) is 38.7 Å². The monoisotopic (exact) mass is 329 g/mol. The summed E-state index contributed by atoms with van der Waals surface area (Å²) in [6.45, 7) is 4.26. The van der Waals surface area contributed by atoms with E-state index < -0.39 is 0 Å². The van der Waals surface area contributed by atoms with Gasteiger partial charge in [0.1, 0.15) is 5.75 Å². The lowest BCUT2D eigenvalue weighted by Crippen LogP contribution is -2.15. The summed E-state index contributed by atoms with van der Waals surface area (Å²) >= 11 is 6.02. The van der Waals surface area contributed by atoms with Crippen LogP contribution in [0, 0.1) is 5.92 Å². The van der Waals surface area contributed by atoms with E-state index in [1.165, 1.54) is 5.56 Å². The summed E-state index contributed by atoms with van der Waals surface area (Å²) in [5.41, 5.74) is 1.95. The molecule has 0 amide bonds. The molecule has 0 fully saturated rings. The van der Waals surface area contributed by atoms with E-state index in [1.54, 1.807) is 38.3 Å². The molecule has 0 aliphatic heterocycles. The van der Waals surface area contributed by atoms with Gasteiger partial charge < -0.3 is 4.74 Å². The Morgan fingerprint density at radius 3 is 2.65 bits per heavy atom. The van der Waals surface area contributed by atoms with Crippen LogP contribution < -0.4 is 4.74 Å². The molecule has 0 N–H and O–H groups in total. The fourth-order valence-electron chi connectivity index (χ4n) is 1.94. The molecule has 2 aromatic carbocycles. The SMILES string of the molecule is CC(C)C(=O)Oc1ccc(Cl)cc1C=NCCc1ccccc1. The van der Waals surface area contributed by atoms with E-state index >= 15 is 0 Å². The second-order valence-electron chi connectivity index (χ2n) is 5.53.